The highest BCUT2D eigenvalue weighted by Gasteiger charge is 1.94. The van der Waals surface area contributed by atoms with Crippen LogP contribution in [0.1, 0.15) is 5.56 Å². The maximum Gasteiger partial charge on any atom is 0.231 e. The van der Waals surface area contributed by atoms with Gasteiger partial charge in [0.2, 0.25) is 10.0 Å². The van der Waals surface area contributed by atoms with Crippen LogP contribution in [-0.2, 0) is 10.0 Å². The Labute approximate surface area is 81.9 Å². The summed E-state index contributed by atoms with van der Waals surface area (Å²) in [5.41, 5.74) is 0.696. The largest absolute Gasteiger partial charge is 0.231 e. The Kier molecular flexibility index (Phi) is 3.08. The third kappa shape index (κ3) is 4.07. The Hall–Kier alpha value is -0.840. The second-order valence-electron chi connectivity index (χ2n) is 2.45. The minimum Gasteiger partial charge on any atom is -0.225 e. The zero-order valence-corrected chi connectivity index (χ0v) is 8.22. The summed E-state index contributed by atoms with van der Waals surface area (Å²) in [7, 11) is -3.56. The standard InChI is InChI=1S/C8H8ClNO2S/c9-8-3-1-2-7(6-8)4-5-13(10,11)12/h1-6H,(H2,10,11,12)/b5-4+. The average Bonchev–Trinajstić information content (AvgIpc) is 2.00. The molecule has 0 heterocycles. The molecule has 70 valence electrons. The van der Waals surface area contributed by atoms with E-state index in [0.29, 0.717) is 10.6 Å². The molecule has 0 saturated heterocycles. The molecule has 0 radical (unpaired) electrons. The highest BCUT2D eigenvalue weighted by molar-refractivity contribution is 7.92. The van der Waals surface area contributed by atoms with E-state index in [9.17, 15) is 8.42 Å². The summed E-state index contributed by atoms with van der Waals surface area (Å²) >= 11 is 5.68. The SMILES string of the molecule is NS(=O)(=O)/C=C/c1cccc(Cl)c1. The molecule has 0 spiro atoms. The van der Waals surface area contributed by atoms with E-state index in [4.69, 9.17) is 16.7 Å². The van der Waals surface area contributed by atoms with E-state index in [2.05, 4.69) is 0 Å². The van der Waals surface area contributed by atoms with Crippen molar-refractivity contribution in [3.63, 3.8) is 0 Å². The van der Waals surface area contributed by atoms with Crippen LogP contribution in [0.4, 0.5) is 0 Å². The Balaban J connectivity index is 2.93. The molecule has 0 bridgehead atoms. The van der Waals surface area contributed by atoms with Gasteiger partial charge in [0.1, 0.15) is 0 Å². The molecular formula is C8H8ClNO2S. The van der Waals surface area contributed by atoms with E-state index in [1.807, 2.05) is 0 Å². The van der Waals surface area contributed by atoms with Crippen LogP contribution >= 0.6 is 11.6 Å². The molecule has 0 fully saturated rings. The molecule has 1 rings (SSSR count). The zero-order valence-electron chi connectivity index (χ0n) is 6.64. The van der Waals surface area contributed by atoms with Crippen molar-refractivity contribution >= 4 is 27.7 Å². The van der Waals surface area contributed by atoms with Crippen molar-refractivity contribution in [2.45, 2.75) is 0 Å². The molecule has 5 heteroatoms. The average molecular weight is 218 g/mol. The van der Waals surface area contributed by atoms with Gasteiger partial charge in [-0.3, -0.25) is 0 Å². The quantitative estimate of drug-likeness (QED) is 0.818. The fourth-order valence-electron chi connectivity index (χ4n) is 0.784. The van der Waals surface area contributed by atoms with Crippen molar-refractivity contribution in [3.05, 3.63) is 40.3 Å². The number of rotatable bonds is 2. The number of nitrogens with two attached hydrogens (primary N) is 1. The maximum atomic E-state index is 10.5. The monoisotopic (exact) mass is 217 g/mol. The first kappa shape index (κ1) is 10.2. The summed E-state index contributed by atoms with van der Waals surface area (Å²) < 4.78 is 21.1. The van der Waals surface area contributed by atoms with Crippen molar-refractivity contribution in [1.82, 2.24) is 0 Å². The maximum absolute atomic E-state index is 10.5. The number of benzene rings is 1. The van der Waals surface area contributed by atoms with Gasteiger partial charge in [-0.25, -0.2) is 13.6 Å². The second-order valence-corrected chi connectivity index (χ2v) is 4.33. The van der Waals surface area contributed by atoms with Crippen LogP contribution in [0.2, 0.25) is 5.02 Å². The Morgan fingerprint density at radius 3 is 2.62 bits per heavy atom. The van der Waals surface area contributed by atoms with Gasteiger partial charge in [0.25, 0.3) is 0 Å². The molecular weight excluding hydrogens is 210 g/mol. The predicted octanol–water partition coefficient (Wildman–Crippen LogP) is 1.60. The fourth-order valence-corrected chi connectivity index (χ4v) is 1.33. The molecule has 0 aliphatic heterocycles. The molecule has 3 nitrogen and oxygen atoms in total. The minimum atomic E-state index is -3.56. The summed E-state index contributed by atoms with van der Waals surface area (Å²) in [4.78, 5) is 0. The van der Waals surface area contributed by atoms with Gasteiger partial charge in [0.05, 0.1) is 0 Å². The van der Waals surface area contributed by atoms with Crippen molar-refractivity contribution < 1.29 is 8.42 Å². The molecule has 0 aliphatic rings. The third-order valence-electron chi connectivity index (χ3n) is 1.30. The van der Waals surface area contributed by atoms with Crippen LogP contribution in [0.3, 0.4) is 0 Å². The smallest absolute Gasteiger partial charge is 0.225 e. The molecule has 0 aromatic heterocycles. The molecule has 2 N–H and O–H groups in total. The molecule has 0 unspecified atom stereocenters. The molecule has 0 aliphatic carbocycles. The van der Waals surface area contributed by atoms with Crippen molar-refractivity contribution in [3.8, 4) is 0 Å². The number of primary sulfonamides is 1. The molecule has 0 atom stereocenters. The molecule has 0 amide bonds. The van der Waals surface area contributed by atoms with Crippen LogP contribution in [0.5, 0.6) is 0 Å². The summed E-state index contributed by atoms with van der Waals surface area (Å²) in [5, 5.41) is 6.26. The first-order chi connectivity index (χ1) is 5.97. The lowest BCUT2D eigenvalue weighted by Gasteiger charge is -1.92. The van der Waals surface area contributed by atoms with Crippen LogP contribution in [0, 0.1) is 0 Å². The third-order valence-corrected chi connectivity index (χ3v) is 2.05. The summed E-state index contributed by atoms with van der Waals surface area (Å²) in [6, 6.07) is 6.80. The van der Waals surface area contributed by atoms with Gasteiger partial charge >= 0.3 is 0 Å². The van der Waals surface area contributed by atoms with Crippen molar-refractivity contribution in [2.24, 2.45) is 5.14 Å². The lowest BCUT2D eigenvalue weighted by atomic mass is 10.2. The lowest BCUT2D eigenvalue weighted by molar-refractivity contribution is 0.606. The first-order valence-corrected chi connectivity index (χ1v) is 5.42. The summed E-state index contributed by atoms with van der Waals surface area (Å²) in [5.74, 6) is 0. The zero-order chi connectivity index (χ0) is 9.90. The van der Waals surface area contributed by atoms with E-state index in [1.54, 1.807) is 24.3 Å². The molecule has 0 saturated carbocycles. The highest BCUT2D eigenvalue weighted by Crippen LogP contribution is 2.11. The van der Waals surface area contributed by atoms with Gasteiger partial charge in [-0.2, -0.15) is 0 Å². The van der Waals surface area contributed by atoms with Gasteiger partial charge in [0, 0.05) is 10.4 Å². The fraction of sp³-hybridized carbons (Fsp3) is 0. The molecule has 13 heavy (non-hydrogen) atoms. The number of halogens is 1. The van der Waals surface area contributed by atoms with E-state index in [-0.39, 0.29) is 0 Å². The lowest BCUT2D eigenvalue weighted by Crippen LogP contribution is -2.06. The number of hydrogen-bond donors (Lipinski definition) is 1. The van der Waals surface area contributed by atoms with E-state index in [1.165, 1.54) is 6.08 Å². The minimum absolute atomic E-state index is 0.552. The summed E-state index contributed by atoms with van der Waals surface area (Å²) in [6.45, 7) is 0. The Morgan fingerprint density at radius 2 is 2.08 bits per heavy atom. The molecule has 1 aromatic rings. The Morgan fingerprint density at radius 1 is 1.38 bits per heavy atom. The van der Waals surface area contributed by atoms with Crippen molar-refractivity contribution in [2.75, 3.05) is 0 Å². The molecule has 1 aromatic carbocycles. The van der Waals surface area contributed by atoms with Gasteiger partial charge < -0.3 is 0 Å². The van der Waals surface area contributed by atoms with Crippen molar-refractivity contribution in [1.29, 1.82) is 0 Å². The van der Waals surface area contributed by atoms with Crippen LogP contribution in [-0.4, -0.2) is 8.42 Å². The van der Waals surface area contributed by atoms with Crippen LogP contribution in [0.15, 0.2) is 29.7 Å². The van der Waals surface area contributed by atoms with Gasteiger partial charge in [-0.05, 0) is 23.8 Å². The predicted molar refractivity (Wildman–Crippen MR) is 53.6 cm³/mol. The van der Waals surface area contributed by atoms with Gasteiger partial charge in [0.15, 0.2) is 0 Å². The van der Waals surface area contributed by atoms with E-state index >= 15 is 0 Å². The highest BCUT2D eigenvalue weighted by atomic mass is 35.5. The Bertz CT molecular complexity index is 426. The topological polar surface area (TPSA) is 60.2 Å². The second kappa shape index (κ2) is 3.91. The summed E-state index contributed by atoms with van der Waals surface area (Å²) in [6.07, 6.45) is 1.39. The van der Waals surface area contributed by atoms with E-state index < -0.39 is 10.0 Å². The van der Waals surface area contributed by atoms with Crippen LogP contribution in [0.25, 0.3) is 6.08 Å². The van der Waals surface area contributed by atoms with E-state index in [0.717, 1.165) is 5.41 Å². The van der Waals surface area contributed by atoms with Gasteiger partial charge in [-0.1, -0.05) is 23.7 Å². The van der Waals surface area contributed by atoms with Crippen LogP contribution < -0.4 is 5.14 Å². The number of hydrogen-bond acceptors (Lipinski definition) is 2. The normalized spacial score (nSPS) is 12.2. The number of sulfonamides is 1. The first-order valence-electron chi connectivity index (χ1n) is 3.44. The van der Waals surface area contributed by atoms with Gasteiger partial charge in [-0.15, -0.1) is 0 Å².